The molecule has 0 saturated carbocycles. The van der Waals surface area contributed by atoms with Crippen LogP contribution < -0.4 is 10.5 Å². The molecule has 1 saturated heterocycles. The minimum atomic E-state index is -2.24. The Hall–Kier alpha value is -2.87. The van der Waals surface area contributed by atoms with Gasteiger partial charge in [-0.3, -0.25) is 4.52 Å². The Labute approximate surface area is 312 Å². The highest BCUT2D eigenvalue weighted by Crippen LogP contribution is 2.42. The molecule has 10 nitrogen and oxygen atoms in total. The maximum absolute atomic E-state index is 14.3. The van der Waals surface area contributed by atoms with Gasteiger partial charge in [0.2, 0.25) is 0 Å². The van der Waals surface area contributed by atoms with Crippen LogP contribution in [0.1, 0.15) is 167 Å². The molecule has 4 atom stereocenters. The molecule has 290 valence electrons. The van der Waals surface area contributed by atoms with E-state index in [9.17, 15) is 9.28 Å². The number of nitriles is 1. The van der Waals surface area contributed by atoms with E-state index in [2.05, 4.69) is 17.0 Å². The van der Waals surface area contributed by atoms with E-state index >= 15 is 0 Å². The number of hydrogen-bond acceptors (Lipinski definition) is 9. The number of halogens is 1. The first-order valence-corrected chi connectivity index (χ1v) is 21.0. The topological polar surface area (TPSA) is 137 Å². The predicted octanol–water partition coefficient (Wildman–Crippen LogP) is 11.3. The van der Waals surface area contributed by atoms with Crippen molar-refractivity contribution in [1.29, 1.82) is 5.26 Å². The van der Waals surface area contributed by atoms with Crippen LogP contribution in [0, 0.1) is 17.1 Å². The third-order valence-electron chi connectivity index (χ3n) is 9.39. The zero-order valence-corrected chi connectivity index (χ0v) is 32.7. The molecule has 1 aliphatic heterocycles. The van der Waals surface area contributed by atoms with Crippen LogP contribution in [0.3, 0.4) is 0 Å². The van der Waals surface area contributed by atoms with Crippen LogP contribution in [0.25, 0.3) is 5.52 Å². The number of benzene rings is 1. The lowest BCUT2D eigenvalue weighted by atomic mass is 10.0. The van der Waals surface area contributed by atoms with Crippen molar-refractivity contribution in [2.45, 2.75) is 168 Å². The monoisotopic (exact) mass is 743 g/mol. The van der Waals surface area contributed by atoms with E-state index in [1.54, 1.807) is 10.6 Å². The summed E-state index contributed by atoms with van der Waals surface area (Å²) in [7, 11) is -2.24. The van der Waals surface area contributed by atoms with Gasteiger partial charge in [-0.25, -0.2) is 13.9 Å². The van der Waals surface area contributed by atoms with Crippen molar-refractivity contribution in [1.82, 2.24) is 14.6 Å². The zero-order valence-electron chi connectivity index (χ0n) is 31.8. The Morgan fingerprint density at radius 3 is 2.15 bits per heavy atom. The predicted molar refractivity (Wildman–Crippen MR) is 206 cm³/mol. The molecule has 0 spiro atoms. The average Bonchev–Trinajstić information content (AvgIpc) is 3.80. The minimum Gasteiger partial charge on any atom is -0.488 e. The number of nitrogens with two attached hydrogens (primary N) is 1. The fraction of sp³-hybridized carbons (Fsp3) is 0.675. The van der Waals surface area contributed by atoms with Crippen molar-refractivity contribution in [3.63, 3.8) is 0 Å². The summed E-state index contributed by atoms with van der Waals surface area (Å²) in [6.45, 7) is 6.34. The number of unbranched alkanes of at least 4 members (excludes halogenated alkanes) is 16. The number of rotatable bonds is 26. The molecule has 0 aliphatic carbocycles. The highest BCUT2D eigenvalue weighted by Gasteiger charge is 2.32. The van der Waals surface area contributed by atoms with Crippen LogP contribution in [0.15, 0.2) is 36.7 Å². The van der Waals surface area contributed by atoms with Crippen LogP contribution in [0.4, 0.5) is 10.2 Å². The van der Waals surface area contributed by atoms with Gasteiger partial charge in [-0.15, -0.1) is 0 Å². The Balaban J connectivity index is 0.00000358. The van der Waals surface area contributed by atoms with Gasteiger partial charge in [-0.2, -0.15) is 10.4 Å². The zero-order chi connectivity index (χ0) is 37.4. The highest BCUT2D eigenvalue weighted by molar-refractivity contribution is 7.40. The molecular formula is C40H63FN5O5P. The minimum absolute atomic E-state index is 0.0375. The number of anilines is 1. The first-order chi connectivity index (χ1) is 25.5. The molecule has 0 amide bonds. The Morgan fingerprint density at radius 1 is 0.942 bits per heavy atom. The van der Waals surface area contributed by atoms with Gasteiger partial charge in [0.15, 0.2) is 12.1 Å². The third kappa shape index (κ3) is 15.6. The Morgan fingerprint density at radius 2 is 1.56 bits per heavy atom. The lowest BCUT2D eigenvalue weighted by Gasteiger charge is -2.22. The molecule has 4 rings (SSSR count). The fourth-order valence-electron chi connectivity index (χ4n) is 6.52. The second kappa shape index (κ2) is 26.0. The van der Waals surface area contributed by atoms with Crippen LogP contribution in [0.5, 0.6) is 5.75 Å². The van der Waals surface area contributed by atoms with Crippen molar-refractivity contribution in [2.75, 3.05) is 12.3 Å². The molecule has 2 aromatic heterocycles. The van der Waals surface area contributed by atoms with Gasteiger partial charge >= 0.3 is 8.60 Å². The first kappa shape index (κ1) is 43.5. The van der Waals surface area contributed by atoms with Crippen molar-refractivity contribution >= 4 is 19.9 Å². The van der Waals surface area contributed by atoms with E-state index in [1.807, 2.05) is 32.0 Å². The highest BCUT2D eigenvalue weighted by atomic mass is 31.2. The lowest BCUT2D eigenvalue weighted by molar-refractivity contribution is -0.0836. The standard InChI is InChI=1S/C38H57FN5O5P.C2H6/c1-2-3-4-5-6-7-8-9-10-11-12-13-14-15-16-17-18-19-32(47-31-21-20-30(27-40)33(39)26-31)28-46-50(45)49-37-25-24-36(48-37)34-22-23-35-38(41)42-29-43-44(34)35;1-2/h20-23,26,29,32,36-37,45H,2-19,24-25,28H2,1H3,(H2,41,42,43);1-2H3. The summed E-state index contributed by atoms with van der Waals surface area (Å²) in [4.78, 5) is 14.7. The SMILES string of the molecule is CC.CCCCCCCCCCCCCCCCCCCC(COP(O)OC1CCC(c2ccc3c(N)ncnn23)O1)Oc1ccc(C#N)c(F)c1. The normalized spacial score (nSPS) is 16.7. The van der Waals surface area contributed by atoms with Crippen molar-refractivity contribution in [2.24, 2.45) is 0 Å². The third-order valence-corrected chi connectivity index (χ3v) is 10.2. The largest absolute Gasteiger partial charge is 0.488 e. The van der Waals surface area contributed by atoms with Gasteiger partial charge in [-0.05, 0) is 43.5 Å². The summed E-state index contributed by atoms with van der Waals surface area (Å²) >= 11 is 0. The second-order valence-electron chi connectivity index (χ2n) is 13.4. The molecule has 4 unspecified atom stereocenters. The second-order valence-corrected chi connectivity index (χ2v) is 14.4. The number of aromatic nitrogens is 3. The molecule has 1 fully saturated rings. The number of ether oxygens (including phenoxy) is 2. The molecule has 3 heterocycles. The van der Waals surface area contributed by atoms with E-state index in [0.29, 0.717) is 36.3 Å². The molecular weight excluding hydrogens is 680 g/mol. The number of nitrogen functional groups attached to an aromatic ring is 1. The van der Waals surface area contributed by atoms with E-state index < -0.39 is 26.8 Å². The maximum Gasteiger partial charge on any atom is 0.332 e. The quantitative estimate of drug-likeness (QED) is 0.0608. The fourth-order valence-corrected chi connectivity index (χ4v) is 7.23. The molecule has 1 aliphatic rings. The van der Waals surface area contributed by atoms with Gasteiger partial charge in [0.1, 0.15) is 41.7 Å². The van der Waals surface area contributed by atoms with Crippen LogP contribution in [0.2, 0.25) is 0 Å². The number of nitrogens with zero attached hydrogens (tertiary/aromatic N) is 4. The van der Waals surface area contributed by atoms with E-state index in [0.717, 1.165) is 25.0 Å². The smallest absolute Gasteiger partial charge is 0.332 e. The average molecular weight is 744 g/mol. The van der Waals surface area contributed by atoms with Gasteiger partial charge in [0.05, 0.1) is 17.9 Å². The summed E-state index contributed by atoms with van der Waals surface area (Å²) in [6, 6.07) is 9.79. The van der Waals surface area contributed by atoms with Crippen LogP contribution in [-0.4, -0.2) is 38.5 Å². The van der Waals surface area contributed by atoms with Gasteiger partial charge in [0, 0.05) is 12.5 Å². The summed E-state index contributed by atoms with van der Waals surface area (Å²) in [5.74, 6) is 0.0730. The Bertz CT molecular complexity index is 1440. The Kier molecular flexibility index (Phi) is 21.8. The molecule has 12 heteroatoms. The van der Waals surface area contributed by atoms with E-state index in [4.69, 9.17) is 29.5 Å². The first-order valence-electron chi connectivity index (χ1n) is 19.9. The van der Waals surface area contributed by atoms with Gasteiger partial charge < -0.3 is 24.6 Å². The maximum atomic E-state index is 14.3. The number of hydrogen-bond donors (Lipinski definition) is 2. The summed E-state index contributed by atoms with van der Waals surface area (Å²) in [5.41, 5.74) is 7.46. The lowest BCUT2D eigenvalue weighted by Crippen LogP contribution is -2.23. The molecule has 52 heavy (non-hydrogen) atoms. The van der Waals surface area contributed by atoms with Crippen molar-refractivity contribution < 1.29 is 27.8 Å². The van der Waals surface area contributed by atoms with Crippen LogP contribution in [-0.2, 0) is 13.8 Å². The summed E-state index contributed by atoms with van der Waals surface area (Å²) in [5, 5.41) is 13.4. The summed E-state index contributed by atoms with van der Waals surface area (Å²) in [6.07, 6.45) is 24.1. The van der Waals surface area contributed by atoms with Crippen molar-refractivity contribution in [3.8, 4) is 11.8 Å². The van der Waals surface area contributed by atoms with Gasteiger partial charge in [0.25, 0.3) is 0 Å². The van der Waals surface area contributed by atoms with E-state index in [-0.39, 0.29) is 18.3 Å². The summed E-state index contributed by atoms with van der Waals surface area (Å²) < 4.78 is 39.6. The van der Waals surface area contributed by atoms with E-state index in [1.165, 1.54) is 108 Å². The molecule has 3 N–H and O–H groups in total. The number of fused-ring (bicyclic) bond motifs is 1. The molecule has 0 radical (unpaired) electrons. The van der Waals surface area contributed by atoms with Crippen LogP contribution >= 0.6 is 8.60 Å². The molecule has 3 aromatic rings. The van der Waals surface area contributed by atoms with Crippen molar-refractivity contribution in [3.05, 3.63) is 53.7 Å². The molecule has 0 bridgehead atoms. The van der Waals surface area contributed by atoms with Gasteiger partial charge in [-0.1, -0.05) is 124 Å². The molecule has 1 aromatic carbocycles.